The van der Waals surface area contributed by atoms with Gasteiger partial charge in [0.15, 0.2) is 17.3 Å². The highest BCUT2D eigenvalue weighted by Crippen LogP contribution is 2.45. The number of phenols is 4. The van der Waals surface area contributed by atoms with Gasteiger partial charge in [-0.25, -0.2) is 4.39 Å². The van der Waals surface area contributed by atoms with Crippen molar-refractivity contribution in [1.82, 2.24) is 0 Å². The lowest BCUT2D eigenvalue weighted by molar-refractivity contribution is -0.140. The van der Waals surface area contributed by atoms with E-state index < -0.39 is 63.0 Å². The zero-order valence-electron chi connectivity index (χ0n) is 18.2. The van der Waals surface area contributed by atoms with Crippen molar-refractivity contribution < 1.29 is 43.9 Å². The van der Waals surface area contributed by atoms with Crippen LogP contribution in [0.25, 0.3) is 22.3 Å². The number of carbonyl (C=O) groups excluding carboxylic acids is 1. The molecule has 9 nitrogen and oxygen atoms in total. The second-order valence-electron chi connectivity index (χ2n) is 7.73. The molecule has 1 atom stereocenters. The highest BCUT2D eigenvalue weighted by molar-refractivity contribution is 5.92. The lowest BCUT2D eigenvalue weighted by Gasteiger charge is -2.20. The first-order chi connectivity index (χ1) is 16.6. The van der Waals surface area contributed by atoms with E-state index in [0.29, 0.717) is 5.56 Å². The van der Waals surface area contributed by atoms with Crippen LogP contribution in [0.4, 0.5) is 4.39 Å². The van der Waals surface area contributed by atoms with Gasteiger partial charge in [-0.3, -0.25) is 9.59 Å². The molecule has 0 radical (unpaired) electrons. The standard InChI is InChI=1S/C25H19FO9/c1-34-19(31)9-14(11-2-5-13(26)6-3-11)20-17(29)10-18(30)21-22(32)23(33)24(35-25(20)21)12-4-7-15(27)16(28)8-12/h2-8,10,14,27-30,33H,9H2,1H3/t14-/m1/s1. The van der Waals surface area contributed by atoms with E-state index >= 15 is 0 Å². The van der Waals surface area contributed by atoms with E-state index in [9.17, 15) is 39.5 Å². The molecule has 1 aromatic heterocycles. The molecule has 0 unspecified atom stereocenters. The van der Waals surface area contributed by atoms with Crippen molar-refractivity contribution in [2.24, 2.45) is 0 Å². The van der Waals surface area contributed by atoms with Crippen molar-refractivity contribution in [3.8, 4) is 40.1 Å². The summed E-state index contributed by atoms with van der Waals surface area (Å²) in [6, 6.07) is 9.30. The lowest BCUT2D eigenvalue weighted by atomic mass is 9.86. The highest BCUT2D eigenvalue weighted by atomic mass is 19.1. The summed E-state index contributed by atoms with van der Waals surface area (Å²) in [5.41, 5.74) is -1.15. The molecular formula is C25H19FO9. The summed E-state index contributed by atoms with van der Waals surface area (Å²) < 4.78 is 24.1. The Morgan fingerprint density at radius 3 is 2.26 bits per heavy atom. The molecule has 5 N–H and O–H groups in total. The number of rotatable bonds is 5. The zero-order chi connectivity index (χ0) is 25.4. The van der Waals surface area contributed by atoms with Gasteiger partial charge in [0.25, 0.3) is 0 Å². The SMILES string of the molecule is COC(=O)C[C@H](c1ccc(F)cc1)c1c(O)cc(O)c2c(=O)c(O)c(-c3ccc(O)c(O)c3)oc12. The van der Waals surface area contributed by atoms with Crippen LogP contribution in [0.3, 0.4) is 0 Å². The molecule has 180 valence electrons. The molecule has 3 aromatic carbocycles. The van der Waals surface area contributed by atoms with Gasteiger partial charge in [-0.1, -0.05) is 12.1 Å². The minimum absolute atomic E-state index is 0.00289. The summed E-state index contributed by atoms with van der Waals surface area (Å²) >= 11 is 0. The van der Waals surface area contributed by atoms with E-state index in [-0.39, 0.29) is 23.1 Å². The number of phenolic OH excluding ortho intramolecular Hbond substituents is 4. The molecule has 0 aliphatic carbocycles. The maximum absolute atomic E-state index is 13.6. The van der Waals surface area contributed by atoms with Gasteiger partial charge in [0.1, 0.15) is 28.3 Å². The van der Waals surface area contributed by atoms with Gasteiger partial charge in [-0.05, 0) is 35.9 Å². The third kappa shape index (κ3) is 4.17. The zero-order valence-corrected chi connectivity index (χ0v) is 18.2. The Morgan fingerprint density at radius 2 is 1.63 bits per heavy atom. The summed E-state index contributed by atoms with van der Waals surface area (Å²) in [4.78, 5) is 25.3. The second kappa shape index (κ2) is 8.90. The summed E-state index contributed by atoms with van der Waals surface area (Å²) in [5, 5.41) is 50.7. The van der Waals surface area contributed by atoms with Gasteiger partial charge >= 0.3 is 5.97 Å². The van der Waals surface area contributed by atoms with Gasteiger partial charge in [0.05, 0.1) is 13.5 Å². The third-order valence-corrected chi connectivity index (χ3v) is 5.60. The number of halogens is 1. The Morgan fingerprint density at radius 1 is 0.943 bits per heavy atom. The van der Waals surface area contributed by atoms with Crippen LogP contribution in [-0.2, 0) is 9.53 Å². The van der Waals surface area contributed by atoms with Crippen LogP contribution >= 0.6 is 0 Å². The van der Waals surface area contributed by atoms with Gasteiger partial charge in [-0.15, -0.1) is 0 Å². The molecule has 0 aliphatic heterocycles. The normalized spacial score (nSPS) is 11.9. The summed E-state index contributed by atoms with van der Waals surface area (Å²) in [6.07, 6.45) is -0.352. The van der Waals surface area contributed by atoms with Crippen molar-refractivity contribution >= 4 is 16.9 Å². The summed E-state index contributed by atoms with van der Waals surface area (Å²) in [5.74, 6) is -5.83. The second-order valence-corrected chi connectivity index (χ2v) is 7.73. The first-order valence-electron chi connectivity index (χ1n) is 10.2. The average molecular weight is 482 g/mol. The van der Waals surface area contributed by atoms with E-state index in [2.05, 4.69) is 0 Å². The fourth-order valence-electron chi connectivity index (χ4n) is 3.87. The molecule has 1 heterocycles. The number of hydrogen-bond donors (Lipinski definition) is 5. The van der Waals surface area contributed by atoms with Crippen molar-refractivity contribution in [3.63, 3.8) is 0 Å². The van der Waals surface area contributed by atoms with E-state index in [1.807, 2.05) is 0 Å². The van der Waals surface area contributed by atoms with E-state index in [1.165, 1.54) is 18.2 Å². The minimum atomic E-state index is -1.05. The molecule has 0 amide bonds. The average Bonchev–Trinajstić information content (AvgIpc) is 2.82. The monoisotopic (exact) mass is 482 g/mol. The fraction of sp³-hybridized carbons (Fsp3) is 0.120. The van der Waals surface area contributed by atoms with E-state index in [0.717, 1.165) is 37.4 Å². The van der Waals surface area contributed by atoms with Crippen molar-refractivity contribution in [1.29, 1.82) is 0 Å². The van der Waals surface area contributed by atoms with Crippen LogP contribution in [0.5, 0.6) is 28.7 Å². The van der Waals surface area contributed by atoms with Crippen LogP contribution in [0.15, 0.2) is 57.7 Å². The predicted octanol–water partition coefficient (Wildman–Crippen LogP) is 3.82. The summed E-state index contributed by atoms with van der Waals surface area (Å²) in [6.45, 7) is 0. The molecule has 4 aromatic rings. The van der Waals surface area contributed by atoms with Crippen LogP contribution in [-0.4, -0.2) is 38.6 Å². The Kier molecular flexibility index (Phi) is 5.96. The number of ether oxygens (including phenoxy) is 1. The third-order valence-electron chi connectivity index (χ3n) is 5.60. The first-order valence-corrected chi connectivity index (χ1v) is 10.2. The van der Waals surface area contributed by atoms with Gasteiger partial charge in [0.2, 0.25) is 11.2 Å². The number of benzene rings is 3. The number of esters is 1. The number of hydrogen-bond acceptors (Lipinski definition) is 9. The molecule has 0 spiro atoms. The largest absolute Gasteiger partial charge is 0.507 e. The maximum Gasteiger partial charge on any atom is 0.306 e. The van der Waals surface area contributed by atoms with Crippen LogP contribution in [0.2, 0.25) is 0 Å². The van der Waals surface area contributed by atoms with E-state index in [1.54, 1.807) is 0 Å². The molecular weight excluding hydrogens is 463 g/mol. The highest BCUT2D eigenvalue weighted by Gasteiger charge is 2.30. The topological polar surface area (TPSA) is 158 Å². The van der Waals surface area contributed by atoms with Crippen molar-refractivity contribution in [2.75, 3.05) is 7.11 Å². The molecule has 0 aliphatic rings. The molecule has 0 bridgehead atoms. The van der Waals surface area contributed by atoms with Gasteiger partial charge < -0.3 is 34.7 Å². The molecule has 10 heteroatoms. The first kappa shape index (κ1) is 23.4. The number of carbonyl (C=O) groups is 1. The van der Waals surface area contributed by atoms with Crippen LogP contribution < -0.4 is 5.43 Å². The molecule has 0 saturated carbocycles. The fourth-order valence-corrected chi connectivity index (χ4v) is 3.87. The van der Waals surface area contributed by atoms with E-state index in [4.69, 9.17) is 9.15 Å². The number of methoxy groups -OCH3 is 1. The van der Waals surface area contributed by atoms with Gasteiger partial charge in [-0.2, -0.15) is 0 Å². The predicted molar refractivity (Wildman–Crippen MR) is 121 cm³/mol. The molecule has 4 rings (SSSR count). The van der Waals surface area contributed by atoms with Crippen molar-refractivity contribution in [3.05, 3.63) is 75.7 Å². The van der Waals surface area contributed by atoms with Crippen LogP contribution in [0.1, 0.15) is 23.5 Å². The Hall–Kier alpha value is -4.73. The summed E-state index contributed by atoms with van der Waals surface area (Å²) in [7, 11) is 1.16. The smallest absolute Gasteiger partial charge is 0.306 e. The lowest BCUT2D eigenvalue weighted by Crippen LogP contribution is -2.12. The number of aromatic hydroxyl groups is 5. The Labute approximate surface area is 196 Å². The molecule has 0 fully saturated rings. The quantitative estimate of drug-likeness (QED) is 0.211. The molecule has 35 heavy (non-hydrogen) atoms. The number of fused-ring (bicyclic) bond motifs is 1. The Balaban J connectivity index is 2.08. The van der Waals surface area contributed by atoms with Crippen LogP contribution in [0, 0.1) is 5.82 Å². The molecule has 0 saturated heterocycles. The van der Waals surface area contributed by atoms with Gasteiger partial charge in [0, 0.05) is 23.1 Å². The Bertz CT molecular complexity index is 1510. The maximum atomic E-state index is 13.6. The van der Waals surface area contributed by atoms with Crippen molar-refractivity contribution in [2.45, 2.75) is 12.3 Å². The minimum Gasteiger partial charge on any atom is -0.507 e.